The summed E-state index contributed by atoms with van der Waals surface area (Å²) in [4.78, 5) is 21.6. The van der Waals surface area contributed by atoms with Gasteiger partial charge < -0.3 is 4.74 Å². The molecule has 25 heavy (non-hydrogen) atoms. The van der Waals surface area contributed by atoms with Gasteiger partial charge in [-0.3, -0.25) is 9.36 Å². The van der Waals surface area contributed by atoms with Gasteiger partial charge in [0.25, 0.3) is 5.56 Å². The Morgan fingerprint density at radius 1 is 1.24 bits per heavy atom. The van der Waals surface area contributed by atoms with E-state index in [1.807, 2.05) is 30.3 Å². The number of benzene rings is 1. The molecule has 0 aliphatic carbocycles. The van der Waals surface area contributed by atoms with Gasteiger partial charge in [0.2, 0.25) is 0 Å². The molecule has 0 unspecified atom stereocenters. The first-order valence-corrected chi connectivity index (χ1v) is 7.94. The van der Waals surface area contributed by atoms with E-state index in [1.165, 1.54) is 4.57 Å². The molecular weight excluding hydrogens is 340 g/mol. The van der Waals surface area contributed by atoms with Gasteiger partial charge in [0.1, 0.15) is 33.9 Å². The van der Waals surface area contributed by atoms with Gasteiger partial charge in [0.15, 0.2) is 0 Å². The van der Waals surface area contributed by atoms with Crippen LogP contribution in [0.1, 0.15) is 22.6 Å². The molecule has 0 bridgehead atoms. The molecule has 7 heteroatoms. The van der Waals surface area contributed by atoms with Gasteiger partial charge in [-0.2, -0.15) is 5.26 Å². The molecule has 0 saturated heterocycles. The number of nitriles is 1. The number of halogens is 1. The molecule has 1 aromatic carbocycles. The maximum absolute atomic E-state index is 13.0. The van der Waals surface area contributed by atoms with Crippen LogP contribution in [-0.2, 0) is 6.54 Å². The van der Waals surface area contributed by atoms with Crippen molar-refractivity contribution in [2.75, 3.05) is 7.11 Å². The van der Waals surface area contributed by atoms with E-state index in [0.29, 0.717) is 23.6 Å². The van der Waals surface area contributed by atoms with Crippen LogP contribution < -0.4 is 10.3 Å². The van der Waals surface area contributed by atoms with Crippen LogP contribution >= 0.6 is 11.6 Å². The molecule has 126 valence electrons. The average molecular weight is 355 g/mol. The monoisotopic (exact) mass is 354 g/mol. The maximum atomic E-state index is 13.0. The molecule has 3 aromatic rings. The van der Waals surface area contributed by atoms with Gasteiger partial charge in [-0.15, -0.1) is 0 Å². The molecule has 0 atom stereocenters. The Bertz CT molecular complexity index is 1070. The summed E-state index contributed by atoms with van der Waals surface area (Å²) in [7, 11) is 1.60. The van der Waals surface area contributed by atoms with Gasteiger partial charge in [-0.25, -0.2) is 9.97 Å². The fraction of sp³-hybridized carbons (Fsp3) is 0.222. The highest BCUT2D eigenvalue weighted by atomic mass is 35.5. The van der Waals surface area contributed by atoms with Crippen LogP contribution in [-0.4, -0.2) is 21.6 Å². The molecule has 0 fully saturated rings. The smallest absolute Gasteiger partial charge is 0.263 e. The number of fused-ring (bicyclic) bond motifs is 1. The molecular formula is C18H15ClN4O2. The summed E-state index contributed by atoms with van der Waals surface area (Å²) in [5.74, 6) is 1.29. The fourth-order valence-corrected chi connectivity index (χ4v) is 2.97. The molecule has 3 rings (SSSR count). The van der Waals surface area contributed by atoms with Crippen LogP contribution in [0, 0.1) is 25.2 Å². The number of methoxy groups -OCH3 is 1. The number of aryl methyl sites for hydroxylation is 2. The normalized spacial score (nSPS) is 10.7. The van der Waals surface area contributed by atoms with E-state index in [-0.39, 0.29) is 21.7 Å². The molecule has 0 amide bonds. The molecule has 0 radical (unpaired) electrons. The van der Waals surface area contributed by atoms with Crippen molar-refractivity contribution in [3.63, 3.8) is 0 Å². The highest BCUT2D eigenvalue weighted by molar-refractivity contribution is 6.31. The lowest BCUT2D eigenvalue weighted by Crippen LogP contribution is -2.25. The van der Waals surface area contributed by atoms with Crippen molar-refractivity contribution in [2.24, 2.45) is 0 Å². The standard InChI is InChI=1S/C18H15ClN4O2/c1-10-16-15(14(8-20)17(19)21-10)18(24)23(11(2)22-16)9-12-4-6-13(25-3)7-5-12/h4-7H,9H2,1-3H3. The Kier molecular flexibility index (Phi) is 4.43. The highest BCUT2D eigenvalue weighted by Gasteiger charge is 2.18. The van der Waals surface area contributed by atoms with Crippen LogP contribution in [0.2, 0.25) is 5.15 Å². The fourth-order valence-electron chi connectivity index (χ4n) is 2.71. The van der Waals surface area contributed by atoms with Crippen molar-refractivity contribution in [1.82, 2.24) is 14.5 Å². The zero-order chi connectivity index (χ0) is 18.1. The average Bonchev–Trinajstić information content (AvgIpc) is 2.60. The summed E-state index contributed by atoms with van der Waals surface area (Å²) in [6.45, 7) is 3.81. The second kappa shape index (κ2) is 6.54. The van der Waals surface area contributed by atoms with E-state index < -0.39 is 0 Å². The number of pyridine rings is 1. The van der Waals surface area contributed by atoms with Crippen LogP contribution in [0.3, 0.4) is 0 Å². The Morgan fingerprint density at radius 2 is 1.92 bits per heavy atom. The Hall–Kier alpha value is -2.91. The zero-order valence-corrected chi connectivity index (χ0v) is 14.8. The molecule has 6 nitrogen and oxygen atoms in total. The number of hydrogen-bond donors (Lipinski definition) is 0. The van der Waals surface area contributed by atoms with E-state index in [4.69, 9.17) is 16.3 Å². The van der Waals surface area contributed by atoms with Crippen LogP contribution in [0.4, 0.5) is 0 Å². The Labute approximate surface area is 149 Å². The molecule has 2 heterocycles. The zero-order valence-electron chi connectivity index (χ0n) is 14.0. The summed E-state index contributed by atoms with van der Waals surface area (Å²) in [5.41, 5.74) is 1.61. The van der Waals surface area contributed by atoms with Crippen molar-refractivity contribution in [1.29, 1.82) is 5.26 Å². The van der Waals surface area contributed by atoms with E-state index >= 15 is 0 Å². The third kappa shape index (κ3) is 2.94. The number of nitrogens with zero attached hydrogens (tertiary/aromatic N) is 4. The Balaban J connectivity index is 2.22. The lowest BCUT2D eigenvalue weighted by atomic mass is 10.1. The summed E-state index contributed by atoms with van der Waals surface area (Å²) >= 11 is 6.04. The van der Waals surface area contributed by atoms with Crippen molar-refractivity contribution in [3.8, 4) is 11.8 Å². The van der Waals surface area contributed by atoms with Gasteiger partial charge >= 0.3 is 0 Å². The molecule has 0 spiro atoms. The molecule has 0 aliphatic heterocycles. The largest absolute Gasteiger partial charge is 0.497 e. The van der Waals surface area contributed by atoms with Crippen LogP contribution in [0.25, 0.3) is 10.9 Å². The molecule has 0 saturated carbocycles. The second-order valence-corrected chi connectivity index (χ2v) is 5.95. The lowest BCUT2D eigenvalue weighted by molar-refractivity contribution is 0.414. The maximum Gasteiger partial charge on any atom is 0.263 e. The highest BCUT2D eigenvalue weighted by Crippen LogP contribution is 2.23. The van der Waals surface area contributed by atoms with Crippen molar-refractivity contribution < 1.29 is 4.74 Å². The summed E-state index contributed by atoms with van der Waals surface area (Å²) < 4.78 is 6.67. The van der Waals surface area contributed by atoms with Gasteiger partial charge in [0, 0.05) is 0 Å². The number of hydrogen-bond acceptors (Lipinski definition) is 5. The van der Waals surface area contributed by atoms with Gasteiger partial charge in [-0.05, 0) is 31.5 Å². The second-order valence-electron chi connectivity index (χ2n) is 5.60. The van der Waals surface area contributed by atoms with Gasteiger partial charge in [0.05, 0.1) is 24.7 Å². The SMILES string of the molecule is COc1ccc(Cn2c(C)nc3c(C)nc(Cl)c(C#N)c3c2=O)cc1. The third-order valence-corrected chi connectivity index (χ3v) is 4.31. The predicted molar refractivity (Wildman–Crippen MR) is 95.1 cm³/mol. The topological polar surface area (TPSA) is 80.8 Å². The minimum absolute atomic E-state index is 0.0197. The van der Waals surface area contributed by atoms with Crippen molar-refractivity contribution >= 4 is 22.5 Å². The van der Waals surface area contributed by atoms with Crippen molar-refractivity contribution in [3.05, 3.63) is 62.4 Å². The third-order valence-electron chi connectivity index (χ3n) is 4.04. The van der Waals surface area contributed by atoms with E-state index in [1.54, 1.807) is 21.0 Å². The van der Waals surface area contributed by atoms with Crippen LogP contribution in [0.5, 0.6) is 5.75 Å². The van der Waals surface area contributed by atoms with Crippen molar-refractivity contribution in [2.45, 2.75) is 20.4 Å². The number of ether oxygens (including phenoxy) is 1. The number of rotatable bonds is 3. The van der Waals surface area contributed by atoms with Crippen LogP contribution in [0.15, 0.2) is 29.1 Å². The minimum atomic E-state index is -0.303. The van der Waals surface area contributed by atoms with E-state index in [9.17, 15) is 10.1 Å². The van der Waals surface area contributed by atoms with E-state index in [2.05, 4.69) is 9.97 Å². The summed E-state index contributed by atoms with van der Waals surface area (Å²) in [6, 6.07) is 9.39. The first-order valence-electron chi connectivity index (χ1n) is 7.56. The first-order chi connectivity index (χ1) is 12.0. The van der Waals surface area contributed by atoms with Gasteiger partial charge in [-0.1, -0.05) is 23.7 Å². The first kappa shape index (κ1) is 16.9. The Morgan fingerprint density at radius 3 is 2.52 bits per heavy atom. The van der Waals surface area contributed by atoms with E-state index in [0.717, 1.165) is 11.3 Å². The predicted octanol–water partition coefficient (Wildman–Crippen LogP) is 2.99. The minimum Gasteiger partial charge on any atom is -0.497 e. The number of aromatic nitrogens is 3. The molecule has 0 N–H and O–H groups in total. The molecule has 2 aromatic heterocycles. The summed E-state index contributed by atoms with van der Waals surface area (Å²) in [6.07, 6.45) is 0. The lowest BCUT2D eigenvalue weighted by Gasteiger charge is -2.13. The summed E-state index contributed by atoms with van der Waals surface area (Å²) in [5, 5.41) is 9.60. The quantitative estimate of drug-likeness (QED) is 0.675. The molecule has 0 aliphatic rings.